The minimum absolute atomic E-state index is 0.00973. The van der Waals surface area contributed by atoms with E-state index in [1.807, 2.05) is 78.9 Å². The number of benzene rings is 1. The summed E-state index contributed by atoms with van der Waals surface area (Å²) in [6.07, 6.45) is -13.5. The van der Waals surface area contributed by atoms with Crippen molar-refractivity contribution >= 4 is 29.5 Å². The van der Waals surface area contributed by atoms with Crippen molar-refractivity contribution in [3.05, 3.63) is 35.9 Å². The van der Waals surface area contributed by atoms with Crippen LogP contribution < -0.4 is 5.32 Å². The number of hydrogen-bond donors (Lipinski definition) is 3. The molecule has 79 heavy (non-hydrogen) atoms. The first-order valence-corrected chi connectivity index (χ1v) is 28.3. The highest BCUT2D eigenvalue weighted by atomic mass is 16.7. The zero-order valence-corrected chi connectivity index (χ0v) is 49.9. The molecule has 21 nitrogen and oxygen atoms in total. The molecule has 0 radical (unpaired) electrons. The number of alkyl carbamates (subject to hydrolysis) is 1. The molecule has 3 N–H and O–H groups in total. The van der Waals surface area contributed by atoms with Crippen LogP contribution in [0.25, 0.3) is 0 Å². The average molecular weight is 1120 g/mol. The number of carbonyl (C=O) groups is 4. The average Bonchev–Trinajstić information content (AvgIpc) is 3.53. The largest absolute Gasteiger partial charge is 0.461 e. The number of aliphatic hydroxyl groups is 2. The van der Waals surface area contributed by atoms with Crippen LogP contribution in [0.4, 0.5) is 4.79 Å². The topological polar surface area (TPSA) is 247 Å². The third-order valence-corrected chi connectivity index (χ3v) is 16.2. The fraction of sp³-hybridized carbons (Fsp3) is 0.810. The molecule has 4 aliphatic heterocycles. The first-order valence-electron chi connectivity index (χ1n) is 28.3. The highest BCUT2D eigenvalue weighted by Crippen LogP contribution is 2.40. The third-order valence-electron chi connectivity index (χ3n) is 16.2. The van der Waals surface area contributed by atoms with Crippen LogP contribution in [-0.2, 0) is 77.9 Å². The number of ether oxygens (including phenoxy) is 11. The molecule has 4 aliphatic rings. The summed E-state index contributed by atoms with van der Waals surface area (Å²) in [5.74, 6) is -7.37. The van der Waals surface area contributed by atoms with Crippen LogP contribution in [0.5, 0.6) is 0 Å². The van der Waals surface area contributed by atoms with Crippen LogP contribution >= 0.6 is 0 Å². The number of ketones is 1. The van der Waals surface area contributed by atoms with Gasteiger partial charge in [0.2, 0.25) is 0 Å². The van der Waals surface area contributed by atoms with Gasteiger partial charge in [-0.1, -0.05) is 84.0 Å². The molecule has 0 bridgehead atoms. The second-order valence-corrected chi connectivity index (χ2v) is 23.5. The van der Waals surface area contributed by atoms with Crippen LogP contribution in [0.3, 0.4) is 0 Å². The van der Waals surface area contributed by atoms with Gasteiger partial charge in [0.15, 0.2) is 30.3 Å². The number of aliphatic hydroxyl groups excluding tert-OH is 2. The van der Waals surface area contributed by atoms with Crippen LogP contribution in [-0.4, -0.2) is 184 Å². The molecular weight excluding hydrogens is 1030 g/mol. The van der Waals surface area contributed by atoms with Crippen molar-refractivity contribution in [2.75, 3.05) is 41.5 Å². The molecule has 1 aromatic carbocycles. The van der Waals surface area contributed by atoms with Crippen LogP contribution in [0.15, 0.2) is 35.5 Å². The minimum atomic E-state index is -1.95. The molecule has 21 heteroatoms. The number of likely N-dealkylation sites (N-methyl/N-ethyl adjacent to an activating group) is 1. The lowest BCUT2D eigenvalue weighted by Gasteiger charge is -2.45. The van der Waals surface area contributed by atoms with Crippen LogP contribution in [0.1, 0.15) is 121 Å². The summed E-state index contributed by atoms with van der Waals surface area (Å²) in [4.78, 5) is 66.7. The molecule has 1 aromatic rings. The number of nitrogens with zero attached hydrogens (tertiary/aromatic N) is 2. The van der Waals surface area contributed by atoms with E-state index in [0.717, 1.165) is 5.56 Å². The molecule has 22 atom stereocenters. The molecule has 5 rings (SSSR count). The second-order valence-electron chi connectivity index (χ2n) is 23.5. The standard InChI is InChI=1S/C58H95N3O18/c1-30(2)23-43(62)75-49-37(9)48(32(4)29-71-56-52(69-16)51(68-15)45(63)40(12)74-56)77-54(66)39(11)50(76-44-24-33(5)61(14)28-35(7)72-44)36(8)47(78-55-46(64)42(60-70-17)25-34(6)73-55)31(3)26-58(13,53(65)38(49)10)79-57(67)59-27-41-21-19-18-20-22-41/h18-22,30-40,44-52,55-56,63-64H,23-29H2,1-17H3,(H,59,67)/t31?,32?,33-,34-,35+,36?,37?,38?,39?,40-,44+,45-,46-,47?,48?,49?,50?,51-,52-,55+,56-,58?/m1/s1. The van der Waals surface area contributed by atoms with E-state index < -0.39 is 145 Å². The van der Waals surface area contributed by atoms with Crippen molar-refractivity contribution in [1.82, 2.24) is 10.2 Å². The zero-order chi connectivity index (χ0) is 58.6. The van der Waals surface area contributed by atoms with Gasteiger partial charge in [0.05, 0.1) is 54.7 Å². The van der Waals surface area contributed by atoms with Crippen molar-refractivity contribution in [2.45, 2.75) is 220 Å². The van der Waals surface area contributed by atoms with E-state index in [9.17, 15) is 19.8 Å². The Kier molecular flexibility index (Phi) is 25.0. The molecule has 4 fully saturated rings. The molecule has 0 aromatic heterocycles. The SMILES string of the molecule is CON=C1C[C@@H](C)O[C@@H](OC2C(C)CC(C)(OC(=O)NCc3ccccc3)C(=O)C(C)C(OC(=O)CC(C)C)C(C)C(C(C)CO[C@@H]3O[C@H](C)[C@@H](O)[C@@H](OC)[C@H]3OC)OC(=O)C(C)C(O[C@H]3C[C@@H](C)N(C)C[C@H](C)O3)C2C)[C@@H]1O. The Bertz CT molecular complexity index is 2120. The number of nitrogens with one attached hydrogen (secondary N) is 1. The maximum absolute atomic E-state index is 15.8. The summed E-state index contributed by atoms with van der Waals surface area (Å²) in [6, 6.07) is 9.25. The Morgan fingerprint density at radius 2 is 1.49 bits per heavy atom. The molecule has 4 heterocycles. The number of esters is 2. The predicted molar refractivity (Wildman–Crippen MR) is 290 cm³/mol. The summed E-state index contributed by atoms with van der Waals surface area (Å²) in [5, 5.41) is 29.7. The molecule has 450 valence electrons. The number of methoxy groups -OCH3 is 2. The van der Waals surface area contributed by atoms with E-state index in [1.165, 1.54) is 28.3 Å². The van der Waals surface area contributed by atoms with E-state index in [2.05, 4.69) is 22.3 Å². The monoisotopic (exact) mass is 1120 g/mol. The lowest BCUT2D eigenvalue weighted by atomic mass is 9.74. The quantitative estimate of drug-likeness (QED) is 0.0892. The highest BCUT2D eigenvalue weighted by molar-refractivity contribution is 5.91. The van der Waals surface area contributed by atoms with Crippen LogP contribution in [0, 0.1) is 41.4 Å². The predicted octanol–water partition coefficient (Wildman–Crippen LogP) is 6.21. The summed E-state index contributed by atoms with van der Waals surface area (Å²) in [5.41, 5.74) is -0.873. The van der Waals surface area contributed by atoms with Crippen molar-refractivity contribution in [2.24, 2.45) is 46.6 Å². The maximum Gasteiger partial charge on any atom is 0.408 e. The molecule has 1 amide bonds. The Hall–Kier alpha value is -3.87. The lowest BCUT2D eigenvalue weighted by molar-refractivity contribution is -0.305. The van der Waals surface area contributed by atoms with Crippen LogP contribution in [0.2, 0.25) is 0 Å². The van der Waals surface area contributed by atoms with E-state index in [0.29, 0.717) is 13.0 Å². The van der Waals surface area contributed by atoms with Gasteiger partial charge >= 0.3 is 18.0 Å². The third kappa shape index (κ3) is 17.3. The summed E-state index contributed by atoms with van der Waals surface area (Å²) in [6.45, 7) is 24.0. The number of Topliss-reactive ketones (excluding diaryl/α,β-unsaturated/α-hetero) is 1. The maximum atomic E-state index is 15.8. The Labute approximate surface area is 468 Å². The fourth-order valence-corrected chi connectivity index (χ4v) is 11.8. The van der Waals surface area contributed by atoms with Gasteiger partial charge in [-0.25, -0.2) is 4.79 Å². The fourth-order valence-electron chi connectivity index (χ4n) is 11.8. The van der Waals surface area contributed by atoms with E-state index in [4.69, 9.17) is 56.9 Å². The van der Waals surface area contributed by atoms with Crippen molar-refractivity contribution in [3.63, 3.8) is 0 Å². The van der Waals surface area contributed by atoms with Gasteiger partial charge < -0.3 is 77.4 Å². The molecule has 4 saturated heterocycles. The van der Waals surface area contributed by atoms with E-state index in [-0.39, 0.29) is 56.2 Å². The lowest BCUT2D eigenvalue weighted by Crippen LogP contribution is -2.59. The minimum Gasteiger partial charge on any atom is -0.461 e. The summed E-state index contributed by atoms with van der Waals surface area (Å²) < 4.78 is 70.4. The Morgan fingerprint density at radius 3 is 2.13 bits per heavy atom. The Morgan fingerprint density at radius 1 is 0.823 bits per heavy atom. The highest BCUT2D eigenvalue weighted by Gasteiger charge is 2.53. The Balaban J connectivity index is 1.70. The molecular formula is C58H95N3O18. The number of rotatable bonds is 17. The number of cyclic esters (lactones) is 1. The molecule has 0 aliphatic carbocycles. The number of oxime groups is 1. The number of amides is 1. The van der Waals surface area contributed by atoms with Gasteiger partial charge in [-0.15, -0.1) is 0 Å². The van der Waals surface area contributed by atoms with Gasteiger partial charge in [0, 0.05) is 70.4 Å². The first kappa shape index (κ1) is 65.9. The molecule has 11 unspecified atom stereocenters. The van der Waals surface area contributed by atoms with Gasteiger partial charge in [-0.3, -0.25) is 14.4 Å². The van der Waals surface area contributed by atoms with Gasteiger partial charge in [-0.2, -0.15) is 0 Å². The van der Waals surface area contributed by atoms with E-state index >= 15 is 9.59 Å². The normalized spacial score (nSPS) is 39.5. The van der Waals surface area contributed by atoms with Gasteiger partial charge in [-0.05, 0) is 72.4 Å². The number of carbonyl (C=O) groups excluding carboxylic acids is 4. The number of hydrogen-bond acceptors (Lipinski definition) is 20. The summed E-state index contributed by atoms with van der Waals surface area (Å²) in [7, 11) is 6.31. The second kappa shape index (κ2) is 29.9. The smallest absolute Gasteiger partial charge is 0.408 e. The molecule has 0 saturated carbocycles. The van der Waals surface area contributed by atoms with E-state index in [1.54, 1.807) is 34.6 Å². The zero-order valence-electron chi connectivity index (χ0n) is 49.9. The van der Waals surface area contributed by atoms with Crippen molar-refractivity contribution in [3.8, 4) is 0 Å². The van der Waals surface area contributed by atoms with Crippen molar-refractivity contribution in [1.29, 1.82) is 0 Å². The first-order chi connectivity index (χ1) is 37.2. The summed E-state index contributed by atoms with van der Waals surface area (Å²) >= 11 is 0. The molecule has 0 spiro atoms. The van der Waals surface area contributed by atoms with Crippen molar-refractivity contribution < 1.29 is 86.3 Å². The van der Waals surface area contributed by atoms with Gasteiger partial charge in [0.1, 0.15) is 43.7 Å². The van der Waals surface area contributed by atoms with Gasteiger partial charge in [0.25, 0.3) is 0 Å².